The maximum absolute atomic E-state index is 5.57. The number of ether oxygens (including phenoxy) is 1. The molecule has 2 heteroatoms. The second-order valence-corrected chi connectivity index (χ2v) is 4.46. The zero-order valence-corrected chi connectivity index (χ0v) is 12.0. The fraction of sp³-hybridized carbons (Fsp3) is 0.167. The third kappa shape index (κ3) is 3.35. The molecule has 0 radical (unpaired) electrons. The van der Waals surface area contributed by atoms with E-state index in [9.17, 15) is 0 Å². The molecule has 0 aliphatic rings. The van der Waals surface area contributed by atoms with E-state index in [4.69, 9.17) is 4.74 Å². The molecule has 0 spiro atoms. The van der Waals surface area contributed by atoms with Gasteiger partial charge in [-0.15, -0.1) is 0 Å². The van der Waals surface area contributed by atoms with Crippen molar-refractivity contribution >= 4 is 5.57 Å². The van der Waals surface area contributed by atoms with Crippen LogP contribution < -0.4 is 4.74 Å². The number of allylic oxidation sites excluding steroid dienone is 3. The zero-order valence-electron chi connectivity index (χ0n) is 12.0. The normalized spacial score (nSPS) is 11.2. The molecule has 0 amide bonds. The van der Waals surface area contributed by atoms with Gasteiger partial charge in [0, 0.05) is 6.07 Å². The van der Waals surface area contributed by atoms with Crippen LogP contribution in [0.25, 0.3) is 16.7 Å². The molecule has 1 aromatic carbocycles. The summed E-state index contributed by atoms with van der Waals surface area (Å²) in [7, 11) is 0. The van der Waals surface area contributed by atoms with Gasteiger partial charge in [0.2, 0.25) is 5.88 Å². The van der Waals surface area contributed by atoms with E-state index in [0.717, 1.165) is 22.4 Å². The van der Waals surface area contributed by atoms with Crippen LogP contribution in [-0.2, 0) is 0 Å². The van der Waals surface area contributed by atoms with Crippen molar-refractivity contribution in [2.45, 2.75) is 13.8 Å². The van der Waals surface area contributed by atoms with Gasteiger partial charge in [-0.3, -0.25) is 0 Å². The van der Waals surface area contributed by atoms with E-state index in [2.05, 4.69) is 29.8 Å². The lowest BCUT2D eigenvalue weighted by atomic mass is 10.0. The molecule has 102 valence electrons. The Morgan fingerprint density at radius 2 is 1.95 bits per heavy atom. The highest BCUT2D eigenvalue weighted by Crippen LogP contribution is 2.26. The molecule has 1 aromatic heterocycles. The van der Waals surface area contributed by atoms with Gasteiger partial charge in [-0.1, -0.05) is 49.1 Å². The lowest BCUT2D eigenvalue weighted by Crippen LogP contribution is -1.97. The topological polar surface area (TPSA) is 22.1 Å². The van der Waals surface area contributed by atoms with Crippen molar-refractivity contribution in [1.82, 2.24) is 4.98 Å². The van der Waals surface area contributed by atoms with Crippen molar-refractivity contribution in [2.24, 2.45) is 0 Å². The molecular weight excluding hydrogens is 246 g/mol. The highest BCUT2D eigenvalue weighted by Gasteiger charge is 2.06. The van der Waals surface area contributed by atoms with Crippen LogP contribution in [0.4, 0.5) is 0 Å². The predicted molar refractivity (Wildman–Crippen MR) is 84.7 cm³/mol. The molecule has 0 saturated carbocycles. The van der Waals surface area contributed by atoms with E-state index in [1.54, 1.807) is 6.08 Å². The fourth-order valence-corrected chi connectivity index (χ4v) is 1.99. The Balaban J connectivity index is 2.52. The Hall–Kier alpha value is -2.35. The number of pyridine rings is 1. The Bertz CT molecular complexity index is 615. The summed E-state index contributed by atoms with van der Waals surface area (Å²) in [5.41, 5.74) is 4.24. The lowest BCUT2D eigenvalue weighted by molar-refractivity contribution is 0.327. The maximum atomic E-state index is 5.57. The van der Waals surface area contributed by atoms with E-state index in [0.29, 0.717) is 12.5 Å². The summed E-state index contributed by atoms with van der Waals surface area (Å²) in [5.74, 6) is 0.653. The Morgan fingerprint density at radius 3 is 2.60 bits per heavy atom. The highest BCUT2D eigenvalue weighted by atomic mass is 16.5. The van der Waals surface area contributed by atoms with Crippen molar-refractivity contribution in [1.29, 1.82) is 0 Å². The summed E-state index contributed by atoms with van der Waals surface area (Å²) in [5, 5.41) is 0. The molecule has 20 heavy (non-hydrogen) atoms. The summed E-state index contributed by atoms with van der Waals surface area (Å²) in [6.45, 7) is 8.32. The number of hydrogen-bond donors (Lipinski definition) is 0. The molecule has 2 nitrogen and oxygen atoms in total. The fourth-order valence-electron chi connectivity index (χ4n) is 1.99. The van der Waals surface area contributed by atoms with Crippen LogP contribution in [0.3, 0.4) is 0 Å². The number of aromatic nitrogens is 1. The van der Waals surface area contributed by atoms with E-state index >= 15 is 0 Å². The van der Waals surface area contributed by atoms with Crippen LogP contribution in [0.5, 0.6) is 5.88 Å². The predicted octanol–water partition coefficient (Wildman–Crippen LogP) is 4.74. The Kier molecular flexibility index (Phi) is 4.72. The molecule has 0 unspecified atom stereocenters. The summed E-state index contributed by atoms with van der Waals surface area (Å²) >= 11 is 0. The third-order valence-corrected chi connectivity index (χ3v) is 2.97. The van der Waals surface area contributed by atoms with Crippen molar-refractivity contribution in [3.8, 4) is 17.0 Å². The van der Waals surface area contributed by atoms with Crippen LogP contribution in [0.15, 0.2) is 61.2 Å². The molecule has 0 saturated heterocycles. The van der Waals surface area contributed by atoms with Gasteiger partial charge in [0.05, 0.1) is 12.3 Å². The second-order valence-electron chi connectivity index (χ2n) is 4.46. The standard InChI is InChI=1S/C18H19NO/c1-4-9-14(3)17-12-16(13-18(19-17)20-5-2)15-10-7-6-8-11-15/h4,6-13H,1,5H2,2-3H3/b14-9+. The summed E-state index contributed by atoms with van der Waals surface area (Å²) < 4.78 is 5.57. The summed E-state index contributed by atoms with van der Waals surface area (Å²) in [6, 6.07) is 14.3. The van der Waals surface area contributed by atoms with Crippen LogP contribution in [0, 0.1) is 0 Å². The van der Waals surface area contributed by atoms with Gasteiger partial charge in [-0.25, -0.2) is 4.98 Å². The van der Waals surface area contributed by atoms with Crippen LogP contribution >= 0.6 is 0 Å². The zero-order chi connectivity index (χ0) is 14.4. The van der Waals surface area contributed by atoms with E-state index < -0.39 is 0 Å². The molecule has 2 aromatic rings. The highest BCUT2D eigenvalue weighted by molar-refractivity contribution is 5.71. The van der Waals surface area contributed by atoms with E-state index in [1.165, 1.54) is 0 Å². The van der Waals surface area contributed by atoms with Gasteiger partial charge in [-0.2, -0.15) is 0 Å². The number of nitrogens with zero attached hydrogens (tertiary/aromatic N) is 1. The third-order valence-electron chi connectivity index (χ3n) is 2.97. The Morgan fingerprint density at radius 1 is 1.20 bits per heavy atom. The van der Waals surface area contributed by atoms with Crippen LogP contribution in [0.2, 0.25) is 0 Å². The second kappa shape index (κ2) is 6.71. The minimum absolute atomic E-state index is 0.606. The number of rotatable bonds is 5. The maximum Gasteiger partial charge on any atom is 0.214 e. The molecule has 1 heterocycles. The summed E-state index contributed by atoms with van der Waals surface area (Å²) in [4.78, 5) is 4.53. The molecular formula is C18H19NO. The average molecular weight is 265 g/mol. The quantitative estimate of drug-likeness (QED) is 0.729. The first kappa shape index (κ1) is 14.1. The van der Waals surface area contributed by atoms with Gasteiger partial charge in [0.15, 0.2) is 0 Å². The first-order chi connectivity index (χ1) is 9.74. The Labute approximate surface area is 120 Å². The minimum Gasteiger partial charge on any atom is -0.478 e. The molecule has 2 rings (SSSR count). The molecule has 0 aliphatic heterocycles. The molecule has 0 aliphatic carbocycles. The number of benzene rings is 1. The minimum atomic E-state index is 0.606. The van der Waals surface area contributed by atoms with Gasteiger partial charge in [0.25, 0.3) is 0 Å². The van der Waals surface area contributed by atoms with Gasteiger partial charge >= 0.3 is 0 Å². The van der Waals surface area contributed by atoms with Crippen LogP contribution in [-0.4, -0.2) is 11.6 Å². The smallest absolute Gasteiger partial charge is 0.214 e. The van der Waals surface area contributed by atoms with Crippen molar-refractivity contribution in [3.63, 3.8) is 0 Å². The SMILES string of the molecule is C=C/C=C(\C)c1cc(-c2ccccc2)cc(OCC)n1. The van der Waals surface area contributed by atoms with E-state index in [-0.39, 0.29) is 0 Å². The largest absolute Gasteiger partial charge is 0.478 e. The monoisotopic (exact) mass is 265 g/mol. The van der Waals surface area contributed by atoms with Crippen molar-refractivity contribution in [3.05, 3.63) is 66.9 Å². The number of hydrogen-bond acceptors (Lipinski definition) is 2. The van der Waals surface area contributed by atoms with Crippen molar-refractivity contribution < 1.29 is 4.74 Å². The van der Waals surface area contributed by atoms with Crippen molar-refractivity contribution in [2.75, 3.05) is 6.61 Å². The van der Waals surface area contributed by atoms with Gasteiger partial charge in [0.1, 0.15) is 0 Å². The molecule has 0 N–H and O–H groups in total. The lowest BCUT2D eigenvalue weighted by Gasteiger charge is -2.10. The van der Waals surface area contributed by atoms with Gasteiger partial charge < -0.3 is 4.74 Å². The molecule has 0 bridgehead atoms. The van der Waals surface area contributed by atoms with E-state index in [1.807, 2.05) is 44.2 Å². The first-order valence-corrected chi connectivity index (χ1v) is 6.74. The van der Waals surface area contributed by atoms with Crippen LogP contribution in [0.1, 0.15) is 19.5 Å². The van der Waals surface area contributed by atoms with Gasteiger partial charge in [-0.05, 0) is 36.6 Å². The summed E-state index contributed by atoms with van der Waals surface area (Å²) in [6.07, 6.45) is 3.72. The molecule has 0 atom stereocenters. The molecule has 0 fully saturated rings. The first-order valence-electron chi connectivity index (χ1n) is 6.74. The average Bonchev–Trinajstić information content (AvgIpc) is 2.48.